The minimum absolute atomic E-state index is 0.164. The van der Waals surface area contributed by atoms with Gasteiger partial charge in [-0.3, -0.25) is 4.99 Å². The van der Waals surface area contributed by atoms with Crippen LogP contribution >= 0.6 is 0 Å². The number of rotatable bonds is 10. The van der Waals surface area contributed by atoms with Gasteiger partial charge in [0.25, 0.3) is 0 Å². The molecule has 0 spiro atoms. The first-order valence-corrected chi connectivity index (χ1v) is 8.39. The maximum atomic E-state index is 5.42. The van der Waals surface area contributed by atoms with Crippen molar-refractivity contribution in [3.05, 3.63) is 23.8 Å². The lowest BCUT2D eigenvalue weighted by Gasteiger charge is -2.26. The van der Waals surface area contributed by atoms with Crippen molar-refractivity contribution in [3.63, 3.8) is 0 Å². The first kappa shape index (κ1) is 21.1. The van der Waals surface area contributed by atoms with Crippen LogP contribution < -0.4 is 20.1 Å². The van der Waals surface area contributed by atoms with Crippen LogP contribution in [0, 0.1) is 0 Å². The van der Waals surface area contributed by atoms with Gasteiger partial charge in [-0.1, -0.05) is 6.07 Å². The summed E-state index contributed by atoms with van der Waals surface area (Å²) in [7, 11) is 10.9. The van der Waals surface area contributed by atoms with E-state index in [0.717, 1.165) is 42.6 Å². The summed E-state index contributed by atoms with van der Waals surface area (Å²) in [5.41, 5.74) is 1.14. The number of ether oxygens (including phenoxy) is 3. The highest BCUT2D eigenvalue weighted by Crippen LogP contribution is 2.31. The van der Waals surface area contributed by atoms with E-state index in [9.17, 15) is 0 Å². The quantitative estimate of drug-likeness (QED) is 0.378. The Labute approximate surface area is 151 Å². The molecule has 0 fully saturated rings. The standard InChI is InChI=1S/C18H32N4O3/c1-19-18(20-10-7-11-23-4)21-13-15(22(2)3)14-8-9-16(24-5)17(12-14)25-6/h8-9,12,15H,7,10-11,13H2,1-6H3,(H2,19,20,21). The number of methoxy groups -OCH3 is 3. The van der Waals surface area contributed by atoms with Crippen LogP contribution in [0.4, 0.5) is 0 Å². The Kier molecular flexibility index (Phi) is 9.72. The maximum Gasteiger partial charge on any atom is 0.191 e. The van der Waals surface area contributed by atoms with Crippen molar-refractivity contribution in [2.45, 2.75) is 12.5 Å². The third-order valence-electron chi connectivity index (χ3n) is 3.92. The van der Waals surface area contributed by atoms with Crippen LogP contribution in [0.15, 0.2) is 23.2 Å². The second kappa shape index (κ2) is 11.5. The molecular weight excluding hydrogens is 320 g/mol. The minimum Gasteiger partial charge on any atom is -0.493 e. The highest BCUT2D eigenvalue weighted by Gasteiger charge is 2.17. The molecule has 1 unspecified atom stereocenters. The summed E-state index contributed by atoms with van der Waals surface area (Å²) < 4.78 is 15.8. The fraction of sp³-hybridized carbons (Fsp3) is 0.611. The highest BCUT2D eigenvalue weighted by atomic mass is 16.5. The molecule has 25 heavy (non-hydrogen) atoms. The molecule has 0 aliphatic heterocycles. The number of nitrogens with zero attached hydrogens (tertiary/aromatic N) is 2. The molecule has 1 aromatic rings. The number of guanidine groups is 1. The summed E-state index contributed by atoms with van der Waals surface area (Å²) >= 11 is 0. The van der Waals surface area contributed by atoms with Gasteiger partial charge in [0.05, 0.1) is 20.3 Å². The Morgan fingerprint density at radius 2 is 1.84 bits per heavy atom. The molecule has 142 valence electrons. The second-order valence-corrected chi connectivity index (χ2v) is 5.82. The second-order valence-electron chi connectivity index (χ2n) is 5.82. The van der Waals surface area contributed by atoms with Crippen LogP contribution in [-0.2, 0) is 4.74 Å². The molecule has 0 bridgehead atoms. The molecule has 7 heteroatoms. The zero-order valence-corrected chi connectivity index (χ0v) is 16.3. The number of hydrogen-bond donors (Lipinski definition) is 2. The maximum absolute atomic E-state index is 5.42. The molecule has 0 aliphatic carbocycles. The van der Waals surface area contributed by atoms with Crippen LogP contribution in [0.25, 0.3) is 0 Å². The molecule has 1 atom stereocenters. The van der Waals surface area contributed by atoms with Crippen LogP contribution in [0.2, 0.25) is 0 Å². The molecule has 7 nitrogen and oxygen atoms in total. The molecule has 1 aromatic carbocycles. The predicted molar refractivity (Wildman–Crippen MR) is 102 cm³/mol. The first-order valence-electron chi connectivity index (χ1n) is 8.39. The van der Waals surface area contributed by atoms with E-state index in [1.807, 2.05) is 12.1 Å². The van der Waals surface area contributed by atoms with Gasteiger partial charge in [0.15, 0.2) is 17.5 Å². The zero-order chi connectivity index (χ0) is 18.7. The molecule has 0 saturated carbocycles. The lowest BCUT2D eigenvalue weighted by molar-refractivity contribution is 0.195. The van der Waals surface area contributed by atoms with E-state index in [1.54, 1.807) is 28.4 Å². The topological polar surface area (TPSA) is 67.4 Å². The van der Waals surface area contributed by atoms with Crippen molar-refractivity contribution in [1.29, 1.82) is 0 Å². The number of likely N-dealkylation sites (N-methyl/N-ethyl adjacent to an activating group) is 1. The largest absolute Gasteiger partial charge is 0.493 e. The summed E-state index contributed by atoms with van der Waals surface area (Å²) in [5, 5.41) is 6.66. The molecule has 1 rings (SSSR count). The molecule has 0 aliphatic rings. The average molecular weight is 352 g/mol. The fourth-order valence-corrected chi connectivity index (χ4v) is 2.50. The molecule has 0 radical (unpaired) electrons. The Bertz CT molecular complexity index is 535. The Morgan fingerprint density at radius 3 is 2.40 bits per heavy atom. The third-order valence-corrected chi connectivity index (χ3v) is 3.92. The van der Waals surface area contributed by atoms with Crippen molar-refractivity contribution >= 4 is 5.96 Å². The Morgan fingerprint density at radius 1 is 1.12 bits per heavy atom. The van der Waals surface area contributed by atoms with Crippen molar-refractivity contribution in [2.24, 2.45) is 4.99 Å². The Hall–Kier alpha value is -1.99. The summed E-state index contributed by atoms with van der Waals surface area (Å²) in [4.78, 5) is 6.42. The van der Waals surface area contributed by atoms with Gasteiger partial charge in [-0.15, -0.1) is 0 Å². The molecule has 0 amide bonds. The minimum atomic E-state index is 0.164. The van der Waals surface area contributed by atoms with Crippen molar-refractivity contribution < 1.29 is 14.2 Å². The fourth-order valence-electron chi connectivity index (χ4n) is 2.50. The van der Waals surface area contributed by atoms with Crippen LogP contribution in [-0.4, -0.2) is 73.0 Å². The third kappa shape index (κ3) is 6.80. The predicted octanol–water partition coefficient (Wildman–Crippen LogP) is 1.51. The average Bonchev–Trinajstić information content (AvgIpc) is 2.63. The van der Waals surface area contributed by atoms with E-state index < -0.39 is 0 Å². The van der Waals surface area contributed by atoms with E-state index in [-0.39, 0.29) is 6.04 Å². The van der Waals surface area contributed by atoms with Crippen molar-refractivity contribution in [1.82, 2.24) is 15.5 Å². The van der Waals surface area contributed by atoms with E-state index in [2.05, 4.69) is 40.7 Å². The van der Waals surface area contributed by atoms with E-state index in [1.165, 1.54) is 0 Å². The van der Waals surface area contributed by atoms with Gasteiger partial charge in [-0.2, -0.15) is 0 Å². The SMILES string of the molecule is CN=C(NCCCOC)NCC(c1ccc(OC)c(OC)c1)N(C)C. The summed E-state index contributed by atoms with van der Waals surface area (Å²) in [6.45, 7) is 2.26. The van der Waals surface area contributed by atoms with E-state index in [0.29, 0.717) is 6.54 Å². The molecular formula is C18H32N4O3. The zero-order valence-electron chi connectivity index (χ0n) is 16.3. The van der Waals surface area contributed by atoms with Gasteiger partial charge < -0.3 is 29.7 Å². The normalized spacial score (nSPS) is 12.8. The van der Waals surface area contributed by atoms with Crippen molar-refractivity contribution in [2.75, 3.05) is 62.2 Å². The van der Waals surface area contributed by atoms with Gasteiger partial charge in [-0.05, 0) is 38.2 Å². The van der Waals surface area contributed by atoms with Gasteiger partial charge in [0, 0.05) is 33.9 Å². The summed E-state index contributed by atoms with van der Waals surface area (Å²) in [5.74, 6) is 2.24. The first-order chi connectivity index (χ1) is 12.1. The van der Waals surface area contributed by atoms with Crippen LogP contribution in [0.1, 0.15) is 18.0 Å². The van der Waals surface area contributed by atoms with E-state index >= 15 is 0 Å². The Balaban J connectivity index is 2.74. The van der Waals surface area contributed by atoms with E-state index in [4.69, 9.17) is 14.2 Å². The van der Waals surface area contributed by atoms with Gasteiger partial charge in [0.1, 0.15) is 0 Å². The lowest BCUT2D eigenvalue weighted by atomic mass is 10.1. The number of hydrogen-bond acceptors (Lipinski definition) is 5. The lowest BCUT2D eigenvalue weighted by Crippen LogP contribution is -2.42. The number of nitrogens with one attached hydrogen (secondary N) is 2. The van der Waals surface area contributed by atoms with Crippen molar-refractivity contribution in [3.8, 4) is 11.5 Å². The van der Waals surface area contributed by atoms with Crippen LogP contribution in [0.3, 0.4) is 0 Å². The van der Waals surface area contributed by atoms with Crippen LogP contribution in [0.5, 0.6) is 11.5 Å². The van der Waals surface area contributed by atoms with Gasteiger partial charge in [0.2, 0.25) is 0 Å². The highest BCUT2D eigenvalue weighted by molar-refractivity contribution is 5.79. The number of benzene rings is 1. The molecule has 0 saturated heterocycles. The van der Waals surface area contributed by atoms with Gasteiger partial charge >= 0.3 is 0 Å². The summed E-state index contributed by atoms with van der Waals surface area (Å²) in [6, 6.07) is 6.17. The number of aliphatic imine (C=N–C) groups is 1. The van der Waals surface area contributed by atoms with Gasteiger partial charge in [-0.25, -0.2) is 0 Å². The molecule has 2 N–H and O–H groups in total. The molecule has 0 heterocycles. The monoisotopic (exact) mass is 352 g/mol. The molecule has 0 aromatic heterocycles. The summed E-state index contributed by atoms with van der Waals surface area (Å²) in [6.07, 6.45) is 0.935. The smallest absolute Gasteiger partial charge is 0.191 e.